The normalized spacial score (nSPS) is 14.4. The van der Waals surface area contributed by atoms with E-state index in [1.807, 2.05) is 61.1 Å². The number of piperazine rings is 1. The molecule has 0 unspecified atom stereocenters. The van der Waals surface area contributed by atoms with Crippen LogP contribution in [0.5, 0.6) is 0 Å². The second-order valence-electron chi connectivity index (χ2n) is 7.77. The van der Waals surface area contributed by atoms with Gasteiger partial charge in [0.05, 0.1) is 17.6 Å². The molecule has 3 aromatic heterocycles. The Morgan fingerprint density at radius 3 is 2.56 bits per heavy atom. The van der Waals surface area contributed by atoms with Crippen LogP contribution in [0.2, 0.25) is 5.02 Å². The number of aromatic nitrogens is 4. The van der Waals surface area contributed by atoms with Crippen LogP contribution >= 0.6 is 24.0 Å². The molecule has 0 atom stereocenters. The number of rotatable bonds is 5. The third-order valence-corrected chi connectivity index (χ3v) is 5.86. The molecule has 4 heterocycles. The fourth-order valence-electron chi connectivity index (χ4n) is 3.81. The van der Waals surface area contributed by atoms with Gasteiger partial charge < -0.3 is 15.1 Å². The lowest BCUT2D eigenvalue weighted by atomic mass is 10.2. The SMILES string of the molecule is CN1CCN(c2nccn3c(-c4cccc(NCc5ccc(Cl)cc5)n4)cnc23)CC1.Cl. The lowest BCUT2D eigenvalue weighted by Gasteiger charge is -2.33. The molecule has 9 heteroatoms. The highest BCUT2D eigenvalue weighted by Crippen LogP contribution is 2.25. The Morgan fingerprint density at radius 1 is 1.00 bits per heavy atom. The average Bonchev–Trinajstić information content (AvgIpc) is 3.24. The molecule has 0 spiro atoms. The predicted molar refractivity (Wildman–Crippen MR) is 132 cm³/mol. The predicted octanol–water partition coefficient (Wildman–Crippen LogP) is 4.23. The molecule has 0 aliphatic carbocycles. The van der Waals surface area contributed by atoms with Crippen LogP contribution in [0.15, 0.2) is 61.1 Å². The van der Waals surface area contributed by atoms with Gasteiger partial charge in [-0.25, -0.2) is 15.0 Å². The third-order valence-electron chi connectivity index (χ3n) is 5.61. The number of hydrogen-bond acceptors (Lipinski definition) is 6. The van der Waals surface area contributed by atoms with Gasteiger partial charge in [0.2, 0.25) is 0 Å². The van der Waals surface area contributed by atoms with E-state index in [4.69, 9.17) is 21.6 Å². The van der Waals surface area contributed by atoms with E-state index in [9.17, 15) is 0 Å². The summed E-state index contributed by atoms with van der Waals surface area (Å²) in [6.07, 6.45) is 5.67. The third kappa shape index (κ3) is 4.65. The van der Waals surface area contributed by atoms with Gasteiger partial charge in [-0.3, -0.25) is 4.40 Å². The Bertz CT molecular complexity index is 1180. The molecule has 1 saturated heterocycles. The standard InChI is InChI=1S/C23H24ClN7.ClH/c1-29-11-13-30(14-12-29)22-23-27-16-20(31(23)10-9-25-22)19-3-2-4-21(28-19)26-15-17-5-7-18(24)8-6-17;/h2-10,16H,11-15H2,1H3,(H,26,28);1H. The molecular formula is C23H25Cl2N7. The largest absolute Gasteiger partial charge is 0.366 e. The number of halogens is 2. The van der Waals surface area contributed by atoms with Crippen LogP contribution in [0.1, 0.15) is 5.56 Å². The molecule has 1 fully saturated rings. The number of nitrogens with one attached hydrogen (secondary N) is 1. The number of fused-ring (bicyclic) bond motifs is 1. The Labute approximate surface area is 198 Å². The molecular weight excluding hydrogens is 445 g/mol. The van der Waals surface area contributed by atoms with Crippen molar-refractivity contribution in [2.24, 2.45) is 0 Å². The summed E-state index contributed by atoms with van der Waals surface area (Å²) in [7, 11) is 2.15. The number of nitrogens with zero attached hydrogens (tertiary/aromatic N) is 6. The first-order valence-electron chi connectivity index (χ1n) is 10.4. The first kappa shape index (κ1) is 22.3. The van der Waals surface area contributed by atoms with Crippen molar-refractivity contribution in [2.75, 3.05) is 43.4 Å². The van der Waals surface area contributed by atoms with Crippen molar-refractivity contribution in [3.63, 3.8) is 0 Å². The van der Waals surface area contributed by atoms with Crippen LogP contribution in [0.25, 0.3) is 17.0 Å². The zero-order valence-corrected chi connectivity index (χ0v) is 19.4. The number of pyridine rings is 1. The van der Waals surface area contributed by atoms with Gasteiger partial charge in [-0.2, -0.15) is 0 Å². The summed E-state index contributed by atoms with van der Waals surface area (Å²) in [5.41, 5.74) is 3.82. The summed E-state index contributed by atoms with van der Waals surface area (Å²) < 4.78 is 2.08. The summed E-state index contributed by atoms with van der Waals surface area (Å²) in [5.74, 6) is 1.75. The van der Waals surface area contributed by atoms with Gasteiger partial charge in [0.15, 0.2) is 11.5 Å². The molecule has 0 radical (unpaired) electrons. The summed E-state index contributed by atoms with van der Waals surface area (Å²) in [6.45, 7) is 4.64. The Balaban J connectivity index is 0.00000245. The van der Waals surface area contributed by atoms with E-state index in [0.29, 0.717) is 6.54 Å². The Morgan fingerprint density at radius 2 is 1.78 bits per heavy atom. The molecule has 1 aliphatic heterocycles. The van der Waals surface area contributed by atoms with Crippen molar-refractivity contribution in [3.05, 3.63) is 71.6 Å². The zero-order valence-electron chi connectivity index (χ0n) is 17.8. The van der Waals surface area contributed by atoms with Gasteiger partial charge >= 0.3 is 0 Å². The Hall–Kier alpha value is -2.87. The van der Waals surface area contributed by atoms with Crippen molar-refractivity contribution in [1.29, 1.82) is 0 Å². The van der Waals surface area contributed by atoms with Gasteiger partial charge in [0.25, 0.3) is 0 Å². The lowest BCUT2D eigenvalue weighted by Crippen LogP contribution is -2.45. The molecule has 7 nitrogen and oxygen atoms in total. The van der Waals surface area contributed by atoms with Crippen molar-refractivity contribution in [1.82, 2.24) is 24.3 Å². The zero-order chi connectivity index (χ0) is 21.2. The topological polar surface area (TPSA) is 61.6 Å². The fraction of sp³-hybridized carbons (Fsp3) is 0.261. The van der Waals surface area contributed by atoms with Crippen LogP contribution in [0, 0.1) is 0 Å². The monoisotopic (exact) mass is 469 g/mol. The summed E-state index contributed by atoms with van der Waals surface area (Å²) in [6, 6.07) is 13.8. The molecule has 1 aliphatic rings. The second kappa shape index (κ2) is 9.73. The fourth-order valence-corrected chi connectivity index (χ4v) is 3.93. The number of imidazole rings is 1. The van der Waals surface area contributed by atoms with E-state index in [2.05, 4.69) is 31.5 Å². The van der Waals surface area contributed by atoms with E-state index in [-0.39, 0.29) is 12.4 Å². The second-order valence-corrected chi connectivity index (χ2v) is 8.20. The van der Waals surface area contributed by atoms with Crippen molar-refractivity contribution >= 4 is 41.3 Å². The molecule has 32 heavy (non-hydrogen) atoms. The first-order chi connectivity index (χ1) is 15.2. The molecule has 0 amide bonds. The van der Waals surface area contributed by atoms with Gasteiger partial charge in [0, 0.05) is 50.1 Å². The minimum atomic E-state index is 0. The quantitative estimate of drug-likeness (QED) is 0.471. The van der Waals surface area contributed by atoms with E-state index in [1.54, 1.807) is 0 Å². The molecule has 166 valence electrons. The van der Waals surface area contributed by atoms with Crippen molar-refractivity contribution in [3.8, 4) is 11.4 Å². The van der Waals surface area contributed by atoms with Crippen LogP contribution in [0.3, 0.4) is 0 Å². The van der Waals surface area contributed by atoms with Crippen LogP contribution in [-0.4, -0.2) is 57.5 Å². The van der Waals surface area contributed by atoms with Gasteiger partial charge in [-0.05, 0) is 36.9 Å². The maximum Gasteiger partial charge on any atom is 0.180 e. The Kier molecular flexibility index (Phi) is 6.79. The minimum absolute atomic E-state index is 0. The smallest absolute Gasteiger partial charge is 0.180 e. The van der Waals surface area contributed by atoms with Crippen molar-refractivity contribution in [2.45, 2.75) is 6.54 Å². The number of benzene rings is 1. The summed E-state index contributed by atoms with van der Waals surface area (Å²) >= 11 is 5.97. The molecule has 5 rings (SSSR count). The lowest BCUT2D eigenvalue weighted by molar-refractivity contribution is 0.312. The number of anilines is 2. The van der Waals surface area contributed by atoms with Crippen LogP contribution < -0.4 is 10.2 Å². The number of hydrogen-bond donors (Lipinski definition) is 1. The van der Waals surface area contributed by atoms with Crippen LogP contribution in [0.4, 0.5) is 11.6 Å². The highest BCUT2D eigenvalue weighted by atomic mass is 35.5. The molecule has 4 aromatic rings. The van der Waals surface area contributed by atoms with Gasteiger partial charge in [-0.1, -0.05) is 29.8 Å². The van der Waals surface area contributed by atoms with Crippen LogP contribution in [-0.2, 0) is 6.54 Å². The van der Waals surface area contributed by atoms with E-state index >= 15 is 0 Å². The van der Waals surface area contributed by atoms with Crippen molar-refractivity contribution < 1.29 is 0 Å². The van der Waals surface area contributed by atoms with Gasteiger partial charge in [-0.15, -0.1) is 12.4 Å². The highest BCUT2D eigenvalue weighted by molar-refractivity contribution is 6.30. The minimum Gasteiger partial charge on any atom is -0.366 e. The van der Waals surface area contributed by atoms with Gasteiger partial charge in [0.1, 0.15) is 5.82 Å². The summed E-state index contributed by atoms with van der Waals surface area (Å²) in [5, 5.41) is 4.13. The molecule has 0 saturated carbocycles. The van der Waals surface area contributed by atoms with E-state index in [0.717, 1.165) is 65.4 Å². The number of likely N-dealkylation sites (N-methyl/N-ethyl adjacent to an activating group) is 1. The molecule has 1 N–H and O–H groups in total. The maximum absolute atomic E-state index is 5.97. The highest BCUT2D eigenvalue weighted by Gasteiger charge is 2.20. The molecule has 1 aromatic carbocycles. The summed E-state index contributed by atoms with van der Waals surface area (Å²) in [4.78, 5) is 18.8. The maximum atomic E-state index is 5.97. The first-order valence-corrected chi connectivity index (χ1v) is 10.8. The van der Waals surface area contributed by atoms with E-state index in [1.165, 1.54) is 0 Å². The average molecular weight is 470 g/mol. The van der Waals surface area contributed by atoms with E-state index < -0.39 is 0 Å². The molecule has 0 bridgehead atoms.